The Balaban J connectivity index is 1.75. The van der Waals surface area contributed by atoms with Crippen LogP contribution in [-0.2, 0) is 4.79 Å². The van der Waals surface area contributed by atoms with Gasteiger partial charge in [-0.15, -0.1) is 0 Å². The van der Waals surface area contributed by atoms with Gasteiger partial charge in [0.15, 0.2) is 0 Å². The number of hydrogen-bond donors (Lipinski definition) is 1. The maximum atomic E-state index is 12.2. The summed E-state index contributed by atoms with van der Waals surface area (Å²) in [5, 5.41) is 9.01. The third kappa shape index (κ3) is 4.06. The molecule has 1 atom stereocenters. The lowest BCUT2D eigenvalue weighted by Gasteiger charge is -2.33. The van der Waals surface area contributed by atoms with Gasteiger partial charge in [0, 0.05) is 19.1 Å². The monoisotopic (exact) mass is 253 g/mol. The fraction of sp³-hybridized carbons (Fsp3) is 0.933. The minimum absolute atomic E-state index is 0.287. The summed E-state index contributed by atoms with van der Waals surface area (Å²) in [6.07, 6.45) is 9.32. The molecule has 0 amide bonds. The van der Waals surface area contributed by atoms with Crippen LogP contribution in [0.2, 0.25) is 0 Å². The third-order valence-electron chi connectivity index (χ3n) is 4.58. The predicted octanol–water partition coefficient (Wildman–Crippen LogP) is 2.23. The van der Waals surface area contributed by atoms with Gasteiger partial charge < -0.3 is 5.11 Å². The highest BCUT2D eigenvalue weighted by Gasteiger charge is 2.25. The molecule has 0 spiro atoms. The number of aliphatic hydroxyl groups is 1. The maximum absolute atomic E-state index is 12.2. The fourth-order valence-electron chi connectivity index (χ4n) is 3.49. The van der Waals surface area contributed by atoms with E-state index in [0.717, 1.165) is 32.4 Å². The second kappa shape index (κ2) is 7.25. The maximum Gasteiger partial charge on any atom is 0.149 e. The van der Waals surface area contributed by atoms with Crippen LogP contribution in [0.5, 0.6) is 0 Å². The van der Waals surface area contributed by atoms with Gasteiger partial charge in [-0.2, -0.15) is 0 Å². The second-order valence-electron chi connectivity index (χ2n) is 6.06. The lowest BCUT2D eigenvalue weighted by Crippen LogP contribution is -2.40. The second-order valence-corrected chi connectivity index (χ2v) is 6.06. The van der Waals surface area contributed by atoms with Gasteiger partial charge in [0.2, 0.25) is 0 Å². The molecule has 2 fully saturated rings. The summed E-state index contributed by atoms with van der Waals surface area (Å²) in [4.78, 5) is 14.6. The minimum Gasteiger partial charge on any atom is -0.396 e. The molecule has 18 heavy (non-hydrogen) atoms. The van der Waals surface area contributed by atoms with Gasteiger partial charge in [-0.25, -0.2) is 0 Å². The van der Waals surface area contributed by atoms with E-state index in [2.05, 4.69) is 4.90 Å². The van der Waals surface area contributed by atoms with Crippen LogP contribution in [0.1, 0.15) is 51.4 Å². The molecule has 104 valence electrons. The number of likely N-dealkylation sites (tertiary alicyclic amines) is 1. The first kappa shape index (κ1) is 14.0. The van der Waals surface area contributed by atoms with Gasteiger partial charge in [0.25, 0.3) is 0 Å². The van der Waals surface area contributed by atoms with Crippen molar-refractivity contribution in [2.24, 2.45) is 11.8 Å². The van der Waals surface area contributed by atoms with Crippen molar-refractivity contribution in [3.63, 3.8) is 0 Å². The molecule has 1 N–H and O–H groups in total. The Morgan fingerprint density at radius 2 is 1.89 bits per heavy atom. The van der Waals surface area contributed by atoms with Crippen molar-refractivity contribution in [3.05, 3.63) is 0 Å². The van der Waals surface area contributed by atoms with Crippen LogP contribution >= 0.6 is 0 Å². The Kier molecular flexibility index (Phi) is 5.64. The molecule has 1 aliphatic heterocycles. The third-order valence-corrected chi connectivity index (χ3v) is 4.58. The number of rotatable bonds is 5. The molecule has 1 saturated carbocycles. The van der Waals surface area contributed by atoms with Crippen LogP contribution in [0, 0.1) is 11.8 Å². The number of hydrogen-bond acceptors (Lipinski definition) is 3. The normalized spacial score (nSPS) is 27.3. The number of carbonyl (C=O) groups excluding carboxylic acids is 1. The Bertz CT molecular complexity index is 259. The van der Waals surface area contributed by atoms with E-state index in [4.69, 9.17) is 5.11 Å². The SMILES string of the molecule is O=C(CN1CCCC(CCO)C1)C1CCCCC1. The average Bonchev–Trinajstić information content (AvgIpc) is 2.40. The van der Waals surface area contributed by atoms with Crippen LogP contribution in [0.3, 0.4) is 0 Å². The Labute approximate surface area is 111 Å². The summed E-state index contributed by atoms with van der Waals surface area (Å²) in [7, 11) is 0. The molecule has 2 rings (SSSR count). The molecule has 1 aliphatic carbocycles. The highest BCUT2D eigenvalue weighted by atomic mass is 16.3. The van der Waals surface area contributed by atoms with Crippen LogP contribution < -0.4 is 0 Å². The molecule has 1 heterocycles. The summed E-state index contributed by atoms with van der Waals surface area (Å²) in [5.41, 5.74) is 0. The van der Waals surface area contributed by atoms with Gasteiger partial charge in [-0.1, -0.05) is 19.3 Å². The smallest absolute Gasteiger partial charge is 0.149 e. The Hall–Kier alpha value is -0.410. The molecule has 0 bridgehead atoms. The van der Waals surface area contributed by atoms with Crippen LogP contribution in [-0.4, -0.2) is 42.0 Å². The van der Waals surface area contributed by atoms with Gasteiger partial charge in [-0.3, -0.25) is 9.69 Å². The summed E-state index contributed by atoms with van der Waals surface area (Å²) in [6, 6.07) is 0. The molecule has 1 saturated heterocycles. The summed E-state index contributed by atoms with van der Waals surface area (Å²) < 4.78 is 0. The van der Waals surface area contributed by atoms with Gasteiger partial charge >= 0.3 is 0 Å². The van der Waals surface area contributed by atoms with Crippen molar-refractivity contribution in [2.45, 2.75) is 51.4 Å². The number of aliphatic hydroxyl groups excluding tert-OH is 1. The van der Waals surface area contributed by atoms with E-state index in [1.807, 2.05) is 0 Å². The van der Waals surface area contributed by atoms with Crippen molar-refractivity contribution in [1.82, 2.24) is 4.90 Å². The molecule has 3 nitrogen and oxygen atoms in total. The van der Waals surface area contributed by atoms with Crippen molar-refractivity contribution in [3.8, 4) is 0 Å². The molecular formula is C15H27NO2. The molecule has 0 aromatic rings. The Morgan fingerprint density at radius 1 is 1.11 bits per heavy atom. The Morgan fingerprint density at radius 3 is 2.61 bits per heavy atom. The van der Waals surface area contributed by atoms with Gasteiger partial charge in [-0.05, 0) is 44.6 Å². The van der Waals surface area contributed by atoms with Crippen molar-refractivity contribution in [1.29, 1.82) is 0 Å². The average molecular weight is 253 g/mol. The summed E-state index contributed by atoms with van der Waals surface area (Å²) in [6.45, 7) is 3.03. The predicted molar refractivity (Wildman–Crippen MR) is 72.4 cm³/mol. The lowest BCUT2D eigenvalue weighted by atomic mass is 9.85. The molecule has 3 heteroatoms. The van der Waals surface area contributed by atoms with Crippen LogP contribution in [0.25, 0.3) is 0 Å². The molecular weight excluding hydrogens is 226 g/mol. The summed E-state index contributed by atoms with van der Waals surface area (Å²) in [5.74, 6) is 1.42. The number of carbonyl (C=O) groups is 1. The van der Waals surface area contributed by atoms with Crippen LogP contribution in [0.4, 0.5) is 0 Å². The standard InChI is InChI=1S/C15H27NO2/c17-10-8-13-5-4-9-16(11-13)12-15(18)14-6-2-1-3-7-14/h13-14,17H,1-12H2. The van der Waals surface area contributed by atoms with Gasteiger partial charge in [0.05, 0.1) is 6.54 Å². The molecule has 0 aromatic heterocycles. The van der Waals surface area contributed by atoms with Crippen molar-refractivity contribution < 1.29 is 9.90 Å². The summed E-state index contributed by atoms with van der Waals surface area (Å²) >= 11 is 0. The van der Waals surface area contributed by atoms with Crippen molar-refractivity contribution in [2.75, 3.05) is 26.2 Å². The highest BCUT2D eigenvalue weighted by Crippen LogP contribution is 2.25. The number of Topliss-reactive ketones (excluding diaryl/α,β-unsaturated/α-hetero) is 1. The molecule has 0 radical (unpaired) electrons. The molecule has 2 aliphatic rings. The number of nitrogens with zero attached hydrogens (tertiary/aromatic N) is 1. The van der Waals surface area contributed by atoms with E-state index in [-0.39, 0.29) is 6.61 Å². The van der Waals surface area contributed by atoms with E-state index in [1.54, 1.807) is 0 Å². The van der Waals surface area contributed by atoms with E-state index in [0.29, 0.717) is 24.2 Å². The van der Waals surface area contributed by atoms with Crippen LogP contribution in [0.15, 0.2) is 0 Å². The fourth-order valence-corrected chi connectivity index (χ4v) is 3.49. The quantitative estimate of drug-likeness (QED) is 0.817. The minimum atomic E-state index is 0.287. The zero-order valence-electron chi connectivity index (χ0n) is 11.4. The zero-order valence-corrected chi connectivity index (χ0v) is 11.4. The number of piperidine rings is 1. The van der Waals surface area contributed by atoms with E-state index < -0.39 is 0 Å². The first-order valence-corrected chi connectivity index (χ1v) is 7.65. The van der Waals surface area contributed by atoms with Crippen molar-refractivity contribution >= 4 is 5.78 Å². The first-order chi connectivity index (χ1) is 8.79. The zero-order chi connectivity index (χ0) is 12.8. The lowest BCUT2D eigenvalue weighted by molar-refractivity contribution is -0.125. The van der Waals surface area contributed by atoms with E-state index in [1.165, 1.54) is 32.1 Å². The topological polar surface area (TPSA) is 40.5 Å². The first-order valence-electron chi connectivity index (χ1n) is 7.65. The molecule has 0 aromatic carbocycles. The highest BCUT2D eigenvalue weighted by molar-refractivity contribution is 5.83. The van der Waals surface area contributed by atoms with Gasteiger partial charge in [0.1, 0.15) is 5.78 Å². The molecule has 1 unspecified atom stereocenters. The largest absolute Gasteiger partial charge is 0.396 e. The van der Waals surface area contributed by atoms with E-state index in [9.17, 15) is 4.79 Å². The number of ketones is 1. The van der Waals surface area contributed by atoms with E-state index >= 15 is 0 Å².